The average Bonchev–Trinajstić information content (AvgIpc) is 2.30. The fourth-order valence-corrected chi connectivity index (χ4v) is 1.86. The van der Waals surface area contributed by atoms with Crippen LogP contribution in [0, 0.1) is 5.92 Å². The van der Waals surface area contributed by atoms with Crippen LogP contribution >= 0.6 is 0 Å². The number of halogens is 1. The molecule has 0 amide bonds. The Morgan fingerprint density at radius 2 is 1.88 bits per heavy atom. The number of nitrogens with two attached hydrogens (primary N) is 1. The van der Waals surface area contributed by atoms with Crippen LogP contribution in [0.4, 0.5) is 4.39 Å². The van der Waals surface area contributed by atoms with Gasteiger partial charge in [0.1, 0.15) is 5.67 Å². The highest BCUT2D eigenvalue weighted by atomic mass is 19.1. The molecule has 0 bridgehead atoms. The van der Waals surface area contributed by atoms with E-state index in [4.69, 9.17) is 5.73 Å². The maximum absolute atomic E-state index is 14.2. The molecule has 0 fully saturated rings. The highest BCUT2D eigenvalue weighted by Crippen LogP contribution is 2.27. The van der Waals surface area contributed by atoms with Crippen molar-refractivity contribution in [1.29, 1.82) is 0 Å². The zero-order valence-corrected chi connectivity index (χ0v) is 10.2. The maximum Gasteiger partial charge on any atom is 0.125 e. The Labute approximate surface area is 97.9 Å². The quantitative estimate of drug-likeness (QED) is 0.786. The molecule has 16 heavy (non-hydrogen) atoms. The lowest BCUT2D eigenvalue weighted by Gasteiger charge is -2.27. The van der Waals surface area contributed by atoms with Crippen LogP contribution in [-0.2, 0) is 6.42 Å². The van der Waals surface area contributed by atoms with Crippen LogP contribution in [0.3, 0.4) is 0 Å². The molecule has 1 aromatic carbocycles. The van der Waals surface area contributed by atoms with E-state index in [9.17, 15) is 4.39 Å². The number of hydrogen-bond acceptors (Lipinski definition) is 1. The summed E-state index contributed by atoms with van der Waals surface area (Å²) in [5.74, 6) is -0.00623. The first-order valence-electron chi connectivity index (χ1n) is 6.01. The molecule has 1 rings (SSSR count). The second-order valence-corrected chi connectivity index (χ2v) is 4.73. The van der Waals surface area contributed by atoms with Gasteiger partial charge in [0.15, 0.2) is 0 Å². The van der Waals surface area contributed by atoms with Crippen molar-refractivity contribution < 1.29 is 4.39 Å². The highest BCUT2D eigenvalue weighted by molar-refractivity contribution is 5.14. The van der Waals surface area contributed by atoms with Gasteiger partial charge in [0, 0.05) is 6.54 Å². The Balaban J connectivity index is 2.40. The van der Waals surface area contributed by atoms with E-state index >= 15 is 0 Å². The van der Waals surface area contributed by atoms with Crippen molar-refractivity contribution in [3.05, 3.63) is 35.9 Å². The van der Waals surface area contributed by atoms with Crippen molar-refractivity contribution in [3.8, 4) is 0 Å². The van der Waals surface area contributed by atoms with Gasteiger partial charge in [0.05, 0.1) is 0 Å². The van der Waals surface area contributed by atoms with Crippen molar-refractivity contribution in [1.82, 2.24) is 0 Å². The molecule has 0 saturated carbocycles. The van der Waals surface area contributed by atoms with Crippen molar-refractivity contribution in [3.63, 3.8) is 0 Å². The van der Waals surface area contributed by atoms with Gasteiger partial charge in [-0.15, -0.1) is 0 Å². The van der Waals surface area contributed by atoms with Crippen LogP contribution in [0.2, 0.25) is 0 Å². The number of alkyl halides is 1. The molecule has 0 radical (unpaired) electrons. The molecule has 90 valence electrons. The third-order valence-corrected chi connectivity index (χ3v) is 3.27. The minimum absolute atomic E-state index is 0.00623. The molecule has 1 aromatic rings. The van der Waals surface area contributed by atoms with E-state index in [0.717, 1.165) is 12.8 Å². The average molecular weight is 223 g/mol. The fourth-order valence-electron chi connectivity index (χ4n) is 1.86. The normalized spacial score (nSPS) is 15.1. The summed E-state index contributed by atoms with van der Waals surface area (Å²) in [4.78, 5) is 0. The minimum Gasteiger partial charge on any atom is -0.328 e. The summed E-state index contributed by atoms with van der Waals surface area (Å²) in [6.45, 7) is 3.92. The molecule has 1 unspecified atom stereocenters. The minimum atomic E-state index is -1.20. The molecular weight excluding hydrogens is 201 g/mol. The highest BCUT2D eigenvalue weighted by Gasteiger charge is 2.31. The number of hydrogen-bond donors (Lipinski definition) is 1. The van der Waals surface area contributed by atoms with Gasteiger partial charge in [0.2, 0.25) is 0 Å². The molecule has 2 heteroatoms. The monoisotopic (exact) mass is 223 g/mol. The van der Waals surface area contributed by atoms with Gasteiger partial charge < -0.3 is 5.73 Å². The van der Waals surface area contributed by atoms with Crippen LogP contribution < -0.4 is 5.73 Å². The van der Waals surface area contributed by atoms with E-state index < -0.39 is 5.67 Å². The molecule has 2 N–H and O–H groups in total. The maximum atomic E-state index is 14.2. The summed E-state index contributed by atoms with van der Waals surface area (Å²) in [7, 11) is 0. The van der Waals surface area contributed by atoms with Gasteiger partial charge in [-0.1, -0.05) is 44.2 Å². The Kier molecular flexibility index (Phi) is 4.94. The van der Waals surface area contributed by atoms with E-state index in [1.165, 1.54) is 5.56 Å². The van der Waals surface area contributed by atoms with Gasteiger partial charge in [-0.3, -0.25) is 0 Å². The van der Waals surface area contributed by atoms with Gasteiger partial charge in [-0.05, 0) is 30.7 Å². The number of rotatable bonds is 6. The van der Waals surface area contributed by atoms with E-state index in [0.29, 0.717) is 6.42 Å². The van der Waals surface area contributed by atoms with Gasteiger partial charge in [-0.25, -0.2) is 4.39 Å². The third-order valence-electron chi connectivity index (χ3n) is 3.27. The molecular formula is C14H22FN. The number of benzene rings is 1. The lowest BCUT2D eigenvalue weighted by atomic mass is 9.87. The Hall–Kier alpha value is -0.890. The van der Waals surface area contributed by atoms with E-state index in [-0.39, 0.29) is 12.5 Å². The summed E-state index contributed by atoms with van der Waals surface area (Å²) in [5, 5.41) is 0. The van der Waals surface area contributed by atoms with Gasteiger partial charge >= 0.3 is 0 Å². The summed E-state index contributed by atoms with van der Waals surface area (Å²) in [6.07, 6.45) is 2.34. The summed E-state index contributed by atoms with van der Waals surface area (Å²) < 4.78 is 14.2. The van der Waals surface area contributed by atoms with Crippen LogP contribution in [0.25, 0.3) is 0 Å². The van der Waals surface area contributed by atoms with Crippen molar-refractivity contribution in [2.24, 2.45) is 11.7 Å². The summed E-state index contributed by atoms with van der Waals surface area (Å²) in [5.41, 5.74) is 5.58. The molecule has 1 atom stereocenters. The van der Waals surface area contributed by atoms with Crippen LogP contribution in [-0.4, -0.2) is 12.2 Å². The predicted octanol–water partition coefficient (Wildman–Crippen LogP) is 3.33. The van der Waals surface area contributed by atoms with E-state index in [2.05, 4.69) is 12.1 Å². The summed E-state index contributed by atoms with van der Waals surface area (Å²) in [6, 6.07) is 10.2. The first-order valence-corrected chi connectivity index (χ1v) is 6.01. The van der Waals surface area contributed by atoms with E-state index in [1.807, 2.05) is 32.0 Å². The van der Waals surface area contributed by atoms with Crippen LogP contribution in [0.1, 0.15) is 32.3 Å². The largest absolute Gasteiger partial charge is 0.328 e. The Morgan fingerprint density at radius 1 is 1.25 bits per heavy atom. The number of aryl methyl sites for hydroxylation is 1. The van der Waals surface area contributed by atoms with Crippen molar-refractivity contribution in [2.45, 2.75) is 38.8 Å². The standard InChI is InChI=1S/C14H22FN/c1-12(2)14(15,11-16)10-6-9-13-7-4-3-5-8-13/h3-5,7-8,12H,6,9-11,16H2,1-2H3. The topological polar surface area (TPSA) is 26.0 Å². The lowest BCUT2D eigenvalue weighted by molar-refractivity contribution is 0.0963. The first-order chi connectivity index (χ1) is 7.58. The molecule has 0 spiro atoms. The zero-order chi connectivity index (χ0) is 12.0. The molecule has 0 aliphatic heterocycles. The Bertz CT molecular complexity index is 297. The Morgan fingerprint density at radius 3 is 2.38 bits per heavy atom. The second-order valence-electron chi connectivity index (χ2n) is 4.73. The molecule has 0 saturated heterocycles. The molecule has 1 nitrogen and oxygen atoms in total. The van der Waals surface area contributed by atoms with Gasteiger partial charge in [-0.2, -0.15) is 0 Å². The van der Waals surface area contributed by atoms with E-state index in [1.54, 1.807) is 0 Å². The third kappa shape index (κ3) is 3.60. The zero-order valence-electron chi connectivity index (χ0n) is 10.2. The van der Waals surface area contributed by atoms with Crippen molar-refractivity contribution in [2.75, 3.05) is 6.54 Å². The molecule has 0 aliphatic rings. The first kappa shape index (κ1) is 13.2. The smallest absolute Gasteiger partial charge is 0.125 e. The van der Waals surface area contributed by atoms with Gasteiger partial charge in [0.25, 0.3) is 0 Å². The molecule has 0 aromatic heterocycles. The van der Waals surface area contributed by atoms with Crippen molar-refractivity contribution >= 4 is 0 Å². The van der Waals surface area contributed by atoms with Crippen LogP contribution in [0.5, 0.6) is 0 Å². The SMILES string of the molecule is CC(C)C(F)(CN)CCCc1ccccc1. The molecule has 0 heterocycles. The summed E-state index contributed by atoms with van der Waals surface area (Å²) >= 11 is 0. The second kappa shape index (κ2) is 6.00. The lowest BCUT2D eigenvalue weighted by Crippen LogP contribution is -2.38. The fraction of sp³-hybridized carbons (Fsp3) is 0.571. The van der Waals surface area contributed by atoms with Crippen LogP contribution in [0.15, 0.2) is 30.3 Å². The molecule has 0 aliphatic carbocycles. The predicted molar refractivity (Wildman–Crippen MR) is 67.1 cm³/mol.